The molecule has 8 heteroatoms. The van der Waals surface area contributed by atoms with E-state index in [1.54, 1.807) is 55.3 Å². The molecule has 0 aliphatic carbocycles. The maximum absolute atomic E-state index is 13.3. The molecule has 4 rings (SSSR count). The number of amides is 1. The topological polar surface area (TPSA) is 75.7 Å². The lowest BCUT2D eigenvalue weighted by atomic mass is 10.0. The molecule has 1 N–H and O–H groups in total. The Kier molecular flexibility index (Phi) is 7.25. The molecule has 172 valence electrons. The number of anilines is 2. The molecule has 0 bridgehead atoms. The first-order chi connectivity index (χ1) is 16.0. The fourth-order valence-corrected chi connectivity index (χ4v) is 6.13. The highest BCUT2D eigenvalue weighted by Gasteiger charge is 2.29. The minimum Gasteiger partial charge on any atom is -0.497 e. The third-order valence-corrected chi connectivity index (χ3v) is 8.26. The van der Waals surface area contributed by atoms with E-state index in [4.69, 9.17) is 4.74 Å². The lowest BCUT2D eigenvalue weighted by Crippen LogP contribution is -2.35. The van der Waals surface area contributed by atoms with E-state index in [2.05, 4.69) is 5.32 Å². The van der Waals surface area contributed by atoms with Crippen molar-refractivity contribution in [3.8, 4) is 5.75 Å². The molecule has 33 heavy (non-hydrogen) atoms. The van der Waals surface area contributed by atoms with Gasteiger partial charge in [-0.2, -0.15) is 0 Å². The number of thioether (sulfide) groups is 1. The lowest BCUT2D eigenvalue weighted by molar-refractivity contribution is -0.113. The Morgan fingerprint density at radius 3 is 2.55 bits per heavy atom. The summed E-state index contributed by atoms with van der Waals surface area (Å²) < 4.78 is 33.1. The van der Waals surface area contributed by atoms with Gasteiger partial charge < -0.3 is 10.1 Å². The Bertz CT molecular complexity index is 1210. The summed E-state index contributed by atoms with van der Waals surface area (Å²) in [7, 11) is -2.14. The van der Waals surface area contributed by atoms with Crippen LogP contribution in [0.4, 0.5) is 11.4 Å². The van der Waals surface area contributed by atoms with Crippen LogP contribution in [0, 0.1) is 0 Å². The van der Waals surface area contributed by atoms with Crippen LogP contribution < -0.4 is 14.4 Å². The molecule has 6 nitrogen and oxygen atoms in total. The van der Waals surface area contributed by atoms with E-state index in [0.29, 0.717) is 35.8 Å². The molecule has 0 fully saturated rings. The minimum absolute atomic E-state index is 0.0746. The van der Waals surface area contributed by atoms with Gasteiger partial charge in [0.05, 0.1) is 23.4 Å². The van der Waals surface area contributed by atoms with Gasteiger partial charge in [0, 0.05) is 18.0 Å². The number of methoxy groups -OCH3 is 1. The summed E-state index contributed by atoms with van der Waals surface area (Å²) in [6.45, 7) is 0.420. The van der Waals surface area contributed by atoms with Crippen molar-refractivity contribution in [3.05, 3.63) is 83.9 Å². The minimum atomic E-state index is -3.69. The maximum atomic E-state index is 13.3. The van der Waals surface area contributed by atoms with E-state index < -0.39 is 10.0 Å². The zero-order valence-electron chi connectivity index (χ0n) is 18.4. The molecular formula is C25H26N2O4S2. The van der Waals surface area contributed by atoms with Gasteiger partial charge in [0.25, 0.3) is 10.0 Å². The van der Waals surface area contributed by atoms with Gasteiger partial charge in [-0.05, 0) is 66.4 Å². The number of fused-ring (bicyclic) bond motifs is 1. The zero-order chi connectivity index (χ0) is 23.3. The molecule has 0 saturated carbocycles. The van der Waals surface area contributed by atoms with Crippen LogP contribution in [-0.2, 0) is 27.0 Å². The number of nitrogens with zero attached hydrogens (tertiary/aromatic N) is 1. The van der Waals surface area contributed by atoms with E-state index in [9.17, 15) is 13.2 Å². The van der Waals surface area contributed by atoms with Gasteiger partial charge in [-0.3, -0.25) is 9.10 Å². The monoisotopic (exact) mass is 482 g/mol. The van der Waals surface area contributed by atoms with Crippen LogP contribution >= 0.6 is 11.8 Å². The van der Waals surface area contributed by atoms with Crippen molar-refractivity contribution < 1.29 is 17.9 Å². The summed E-state index contributed by atoms with van der Waals surface area (Å²) in [5, 5.41) is 2.93. The number of nitrogens with one attached hydrogen (secondary N) is 1. The Balaban J connectivity index is 1.43. The van der Waals surface area contributed by atoms with Gasteiger partial charge in [-0.1, -0.05) is 30.3 Å². The lowest BCUT2D eigenvalue weighted by Gasteiger charge is -2.31. The Hall–Kier alpha value is -2.97. The molecule has 3 aromatic carbocycles. The van der Waals surface area contributed by atoms with Crippen LogP contribution in [0.3, 0.4) is 0 Å². The van der Waals surface area contributed by atoms with Crippen LogP contribution in [0.25, 0.3) is 0 Å². The summed E-state index contributed by atoms with van der Waals surface area (Å²) in [6, 6.07) is 21.9. The number of hydrogen-bond acceptors (Lipinski definition) is 5. The summed E-state index contributed by atoms with van der Waals surface area (Å²) in [5.74, 6) is 1.66. The van der Waals surface area contributed by atoms with E-state index in [0.717, 1.165) is 17.7 Å². The van der Waals surface area contributed by atoms with Crippen LogP contribution in [0.1, 0.15) is 17.5 Å². The standard InChI is InChI=1S/C25H26N2O4S2/c1-31-22-10-12-23(13-11-22)33(29,30)27-15-5-8-20-16-21(9-14-24(20)27)26-25(28)18-32-17-19-6-3-2-4-7-19/h2-4,6-7,9-14,16H,5,8,15,17-18H2,1H3,(H,26,28). The van der Waals surface area contributed by atoms with Crippen molar-refractivity contribution in [2.45, 2.75) is 23.5 Å². The van der Waals surface area contributed by atoms with Gasteiger partial charge in [0.2, 0.25) is 5.91 Å². The van der Waals surface area contributed by atoms with Gasteiger partial charge >= 0.3 is 0 Å². The number of benzene rings is 3. The summed E-state index contributed by atoms with van der Waals surface area (Å²) >= 11 is 1.56. The number of aryl methyl sites for hydroxylation is 1. The van der Waals surface area contributed by atoms with E-state index in [-0.39, 0.29) is 10.8 Å². The second-order valence-corrected chi connectivity index (χ2v) is 10.6. The fourth-order valence-electron chi connectivity index (χ4n) is 3.80. The zero-order valence-corrected chi connectivity index (χ0v) is 20.0. The highest BCUT2D eigenvalue weighted by molar-refractivity contribution is 7.99. The molecule has 1 amide bonds. The summed E-state index contributed by atoms with van der Waals surface area (Å²) in [6.07, 6.45) is 1.48. The quantitative estimate of drug-likeness (QED) is 0.503. The highest BCUT2D eigenvalue weighted by atomic mass is 32.2. The second-order valence-electron chi connectivity index (χ2n) is 7.73. The largest absolute Gasteiger partial charge is 0.497 e. The van der Waals surface area contributed by atoms with Gasteiger partial charge in [0.1, 0.15) is 5.75 Å². The second kappa shape index (κ2) is 10.3. The van der Waals surface area contributed by atoms with E-state index in [1.807, 2.05) is 36.4 Å². The molecule has 0 radical (unpaired) electrons. The van der Waals surface area contributed by atoms with Crippen LogP contribution in [0.15, 0.2) is 77.7 Å². The molecule has 0 unspecified atom stereocenters. The van der Waals surface area contributed by atoms with Crippen LogP contribution in [0.5, 0.6) is 5.75 Å². The van der Waals surface area contributed by atoms with Crippen molar-refractivity contribution in [2.24, 2.45) is 0 Å². The SMILES string of the molecule is COc1ccc(S(=O)(=O)N2CCCc3cc(NC(=O)CSCc4ccccc4)ccc32)cc1. The molecule has 1 heterocycles. The smallest absolute Gasteiger partial charge is 0.264 e. The first-order valence-corrected chi connectivity index (χ1v) is 13.3. The van der Waals surface area contributed by atoms with Crippen molar-refractivity contribution in [2.75, 3.05) is 29.0 Å². The number of carbonyl (C=O) groups excluding carboxylic acids is 1. The Morgan fingerprint density at radius 1 is 1.06 bits per heavy atom. The predicted molar refractivity (Wildman–Crippen MR) is 134 cm³/mol. The first-order valence-electron chi connectivity index (χ1n) is 10.7. The molecule has 0 atom stereocenters. The number of rotatable bonds is 8. The number of sulfonamides is 1. The molecule has 0 aromatic heterocycles. The summed E-state index contributed by atoms with van der Waals surface area (Å²) in [5.41, 5.74) is 3.44. The average molecular weight is 483 g/mol. The molecule has 0 spiro atoms. The van der Waals surface area contributed by atoms with Crippen molar-refractivity contribution in [3.63, 3.8) is 0 Å². The fraction of sp³-hybridized carbons (Fsp3) is 0.240. The van der Waals surface area contributed by atoms with Crippen molar-refractivity contribution in [1.82, 2.24) is 0 Å². The van der Waals surface area contributed by atoms with Gasteiger partial charge in [-0.15, -0.1) is 11.8 Å². The molecule has 3 aromatic rings. The third-order valence-electron chi connectivity index (χ3n) is 5.43. The maximum Gasteiger partial charge on any atom is 0.264 e. The Morgan fingerprint density at radius 2 is 1.82 bits per heavy atom. The summed E-state index contributed by atoms with van der Waals surface area (Å²) in [4.78, 5) is 12.6. The van der Waals surface area contributed by atoms with Crippen molar-refractivity contribution >= 4 is 39.1 Å². The van der Waals surface area contributed by atoms with Crippen LogP contribution in [-0.4, -0.2) is 33.7 Å². The van der Waals surface area contributed by atoms with Crippen LogP contribution in [0.2, 0.25) is 0 Å². The predicted octanol–water partition coefficient (Wildman–Crippen LogP) is 4.71. The molecular weight excluding hydrogens is 456 g/mol. The number of ether oxygens (including phenoxy) is 1. The van der Waals surface area contributed by atoms with Crippen molar-refractivity contribution in [1.29, 1.82) is 0 Å². The number of carbonyl (C=O) groups is 1. The molecule has 1 aliphatic heterocycles. The van der Waals surface area contributed by atoms with Gasteiger partial charge in [0.15, 0.2) is 0 Å². The average Bonchev–Trinajstić information content (AvgIpc) is 2.84. The highest BCUT2D eigenvalue weighted by Crippen LogP contribution is 2.34. The Labute approximate surface area is 199 Å². The first kappa shape index (κ1) is 23.2. The molecule has 0 saturated heterocycles. The van der Waals surface area contributed by atoms with E-state index >= 15 is 0 Å². The van der Waals surface area contributed by atoms with Gasteiger partial charge in [-0.25, -0.2) is 8.42 Å². The van der Waals surface area contributed by atoms with E-state index in [1.165, 1.54) is 9.87 Å². The number of hydrogen-bond donors (Lipinski definition) is 1. The normalized spacial score (nSPS) is 13.3. The third kappa shape index (κ3) is 5.51. The molecule has 1 aliphatic rings.